The summed E-state index contributed by atoms with van der Waals surface area (Å²) in [5.41, 5.74) is 1.15. The smallest absolute Gasteiger partial charge is 0.394 e. The Morgan fingerprint density at radius 3 is 2.29 bits per heavy atom. The topological polar surface area (TPSA) is 72.9 Å². The van der Waals surface area contributed by atoms with E-state index in [9.17, 15) is 22.8 Å². The zero-order valence-corrected chi connectivity index (χ0v) is 15.4. The van der Waals surface area contributed by atoms with Crippen LogP contribution in [0.25, 0.3) is 0 Å². The lowest BCUT2D eigenvalue weighted by atomic mass is 9.96. The van der Waals surface area contributed by atoms with Crippen molar-refractivity contribution in [1.29, 1.82) is 0 Å². The Kier molecular flexibility index (Phi) is 6.00. The number of rotatable bonds is 4. The Balaban J connectivity index is 1.47. The Hall–Kier alpha value is -2.45. The first kappa shape index (κ1) is 20.3. The highest BCUT2D eigenvalue weighted by molar-refractivity contribution is 5.77. The fraction of sp³-hybridized carbons (Fsp3) is 0.579. The van der Waals surface area contributed by atoms with Gasteiger partial charge in [0.2, 0.25) is 0 Å². The van der Waals surface area contributed by atoms with Gasteiger partial charge in [-0.25, -0.2) is 4.79 Å². The summed E-state index contributed by atoms with van der Waals surface area (Å²) in [5, 5.41) is 11.7. The summed E-state index contributed by atoms with van der Waals surface area (Å²) in [6, 6.07) is 9.40. The first-order valence-corrected chi connectivity index (χ1v) is 9.38. The number of benzene rings is 1. The third-order valence-electron chi connectivity index (χ3n) is 5.62. The molecule has 28 heavy (non-hydrogen) atoms. The number of nitrogens with one attached hydrogen (secondary N) is 1. The quantitative estimate of drug-likeness (QED) is 0.817. The maximum absolute atomic E-state index is 13.0. The first-order valence-electron chi connectivity index (χ1n) is 9.38. The highest BCUT2D eigenvalue weighted by Crippen LogP contribution is 2.37. The molecule has 2 atom stereocenters. The van der Waals surface area contributed by atoms with Gasteiger partial charge in [0.05, 0.1) is 11.8 Å². The van der Waals surface area contributed by atoms with Crippen molar-refractivity contribution < 1.29 is 27.9 Å². The Morgan fingerprint density at radius 1 is 1.11 bits per heavy atom. The van der Waals surface area contributed by atoms with Crippen molar-refractivity contribution in [2.75, 3.05) is 37.6 Å². The van der Waals surface area contributed by atoms with Crippen molar-refractivity contribution in [3.8, 4) is 0 Å². The zero-order chi connectivity index (χ0) is 20.3. The summed E-state index contributed by atoms with van der Waals surface area (Å²) >= 11 is 0. The molecule has 1 aromatic carbocycles. The fourth-order valence-corrected chi connectivity index (χ4v) is 3.93. The predicted octanol–water partition coefficient (Wildman–Crippen LogP) is 2.81. The monoisotopic (exact) mass is 399 g/mol. The number of carbonyl (C=O) groups excluding carboxylic acids is 1. The number of nitrogens with zero attached hydrogens (tertiary/aromatic N) is 2. The predicted molar refractivity (Wildman–Crippen MR) is 97.0 cm³/mol. The van der Waals surface area contributed by atoms with Gasteiger partial charge in [-0.3, -0.25) is 4.79 Å². The van der Waals surface area contributed by atoms with Crippen molar-refractivity contribution in [3.63, 3.8) is 0 Å². The van der Waals surface area contributed by atoms with Crippen molar-refractivity contribution in [3.05, 3.63) is 30.3 Å². The number of carboxylic acid groups (broad SMARTS) is 1. The number of carbonyl (C=O) groups is 2. The molecule has 2 N–H and O–H groups in total. The van der Waals surface area contributed by atoms with Crippen LogP contribution in [0.3, 0.4) is 0 Å². The molecule has 2 saturated heterocycles. The van der Waals surface area contributed by atoms with E-state index in [2.05, 4.69) is 10.2 Å². The van der Waals surface area contributed by atoms with Gasteiger partial charge in [0, 0.05) is 38.4 Å². The molecule has 2 aliphatic heterocycles. The molecule has 2 heterocycles. The van der Waals surface area contributed by atoms with Gasteiger partial charge in [0.15, 0.2) is 0 Å². The normalized spacial score (nSPS) is 23.7. The number of hydrogen-bond donors (Lipinski definition) is 2. The van der Waals surface area contributed by atoms with Crippen LogP contribution in [0.4, 0.5) is 23.7 Å². The zero-order valence-electron chi connectivity index (χ0n) is 15.4. The third-order valence-corrected chi connectivity index (χ3v) is 5.62. The standard InChI is InChI=1S/C19H24F3N3O3/c20-19(21,22)16-12-25(11-15(16)17(26)27)18(28)23-10-13-6-8-24(9-7-13)14-4-2-1-3-5-14/h1-5,13,15-16H,6-12H2,(H,23,28)(H,26,27)/t15-,16-/m1/s1. The molecule has 3 rings (SSSR count). The van der Waals surface area contributed by atoms with E-state index in [-0.39, 0.29) is 5.92 Å². The van der Waals surface area contributed by atoms with Gasteiger partial charge in [-0.15, -0.1) is 0 Å². The van der Waals surface area contributed by atoms with Crippen molar-refractivity contribution >= 4 is 17.7 Å². The molecule has 0 unspecified atom stereocenters. The summed E-state index contributed by atoms with van der Waals surface area (Å²) < 4.78 is 39.1. The van der Waals surface area contributed by atoms with Gasteiger partial charge >= 0.3 is 18.2 Å². The maximum atomic E-state index is 13.0. The number of halogens is 3. The van der Waals surface area contributed by atoms with Crippen LogP contribution in [0.15, 0.2) is 30.3 Å². The molecule has 0 saturated carbocycles. The van der Waals surface area contributed by atoms with Gasteiger partial charge in [-0.2, -0.15) is 13.2 Å². The van der Waals surface area contributed by atoms with Crippen LogP contribution in [-0.2, 0) is 4.79 Å². The van der Waals surface area contributed by atoms with Crippen LogP contribution < -0.4 is 10.2 Å². The minimum Gasteiger partial charge on any atom is -0.481 e. The lowest BCUT2D eigenvalue weighted by Crippen LogP contribution is -2.43. The summed E-state index contributed by atoms with van der Waals surface area (Å²) in [4.78, 5) is 26.6. The highest BCUT2D eigenvalue weighted by Gasteiger charge is 2.53. The summed E-state index contributed by atoms with van der Waals surface area (Å²) in [6.45, 7) is 1.06. The number of hydrogen-bond acceptors (Lipinski definition) is 3. The molecule has 2 amide bonds. The average molecular weight is 399 g/mol. The Morgan fingerprint density at radius 2 is 1.75 bits per heavy atom. The molecule has 1 aromatic rings. The third kappa shape index (κ3) is 4.69. The number of carboxylic acids is 1. The van der Waals surface area contributed by atoms with Crippen molar-refractivity contribution in [1.82, 2.24) is 10.2 Å². The minimum atomic E-state index is -4.64. The molecular weight excluding hydrogens is 375 g/mol. The van der Waals surface area contributed by atoms with Crippen LogP contribution in [0.1, 0.15) is 12.8 Å². The van der Waals surface area contributed by atoms with Crippen molar-refractivity contribution in [2.24, 2.45) is 17.8 Å². The molecule has 0 aliphatic carbocycles. The SMILES string of the molecule is O=C(O)[C@@H]1CN(C(=O)NCC2CCN(c3ccccc3)CC2)C[C@H]1C(F)(F)F. The largest absolute Gasteiger partial charge is 0.481 e. The molecule has 2 aliphatic rings. The van der Waals surface area contributed by atoms with E-state index in [4.69, 9.17) is 5.11 Å². The van der Waals surface area contributed by atoms with E-state index in [0.29, 0.717) is 6.54 Å². The molecule has 0 bridgehead atoms. The van der Waals surface area contributed by atoms with Gasteiger partial charge in [-0.1, -0.05) is 18.2 Å². The number of likely N-dealkylation sites (tertiary alicyclic amines) is 1. The van der Waals surface area contributed by atoms with Crippen molar-refractivity contribution in [2.45, 2.75) is 19.0 Å². The number of para-hydroxylation sites is 1. The molecule has 154 valence electrons. The van der Waals surface area contributed by atoms with Gasteiger partial charge < -0.3 is 20.2 Å². The second-order valence-corrected chi connectivity index (χ2v) is 7.45. The van der Waals surface area contributed by atoms with E-state index in [0.717, 1.165) is 36.5 Å². The van der Waals surface area contributed by atoms with E-state index < -0.39 is 43.1 Å². The van der Waals surface area contributed by atoms with Crippen LogP contribution in [0.5, 0.6) is 0 Å². The van der Waals surface area contributed by atoms with Crippen LogP contribution in [-0.4, -0.2) is 60.9 Å². The number of anilines is 1. The number of amides is 2. The fourth-order valence-electron chi connectivity index (χ4n) is 3.93. The lowest BCUT2D eigenvalue weighted by molar-refractivity contribution is -0.187. The Bertz CT molecular complexity index is 691. The van der Waals surface area contributed by atoms with Crippen LogP contribution in [0.2, 0.25) is 0 Å². The van der Waals surface area contributed by atoms with E-state index >= 15 is 0 Å². The minimum absolute atomic E-state index is 0.250. The number of piperidine rings is 1. The lowest BCUT2D eigenvalue weighted by Gasteiger charge is -2.34. The molecule has 0 spiro atoms. The number of alkyl halides is 3. The summed E-state index contributed by atoms with van der Waals surface area (Å²) in [6.07, 6.45) is -2.89. The maximum Gasteiger partial charge on any atom is 0.394 e. The summed E-state index contributed by atoms with van der Waals surface area (Å²) in [7, 11) is 0. The number of aliphatic carboxylic acids is 1. The molecule has 0 aromatic heterocycles. The molecule has 9 heteroatoms. The Labute approximate surface area is 161 Å². The summed E-state index contributed by atoms with van der Waals surface area (Å²) in [5.74, 6) is -4.91. The van der Waals surface area contributed by atoms with E-state index in [1.165, 1.54) is 0 Å². The van der Waals surface area contributed by atoms with Gasteiger partial charge in [0.25, 0.3) is 0 Å². The second kappa shape index (κ2) is 8.28. The van der Waals surface area contributed by atoms with Gasteiger partial charge in [0.1, 0.15) is 0 Å². The number of urea groups is 1. The van der Waals surface area contributed by atoms with Crippen LogP contribution >= 0.6 is 0 Å². The average Bonchev–Trinajstić information content (AvgIpc) is 3.14. The molecule has 0 radical (unpaired) electrons. The van der Waals surface area contributed by atoms with E-state index in [1.807, 2.05) is 30.3 Å². The molecule has 2 fully saturated rings. The molecule has 6 nitrogen and oxygen atoms in total. The van der Waals surface area contributed by atoms with E-state index in [1.54, 1.807) is 0 Å². The second-order valence-electron chi connectivity index (χ2n) is 7.45. The molecular formula is C19H24F3N3O3. The van der Waals surface area contributed by atoms with Crippen LogP contribution in [0, 0.1) is 17.8 Å². The first-order chi connectivity index (χ1) is 13.3. The highest BCUT2D eigenvalue weighted by atomic mass is 19.4. The van der Waals surface area contributed by atoms with Gasteiger partial charge in [-0.05, 0) is 30.9 Å².